The standard InChI is InChI=1S/C21H18N6O3S/c28-20(22-17-8-10-18(11-9-17)27(29)30)15-31-21-24-23-19(14-16-6-2-1-3-7-16)26(21)25-12-4-5-13-25/h1-13H,14-15H2,(H,22,28). The number of anilines is 1. The van der Waals surface area contributed by atoms with E-state index < -0.39 is 4.92 Å². The third-order valence-corrected chi connectivity index (χ3v) is 5.31. The van der Waals surface area contributed by atoms with Gasteiger partial charge in [0.05, 0.1) is 10.7 Å². The third-order valence-electron chi connectivity index (χ3n) is 4.40. The highest BCUT2D eigenvalue weighted by molar-refractivity contribution is 7.99. The molecule has 1 amide bonds. The monoisotopic (exact) mass is 434 g/mol. The Labute approximate surface area is 181 Å². The zero-order chi connectivity index (χ0) is 21.6. The van der Waals surface area contributed by atoms with Crippen molar-refractivity contribution in [3.05, 3.63) is 101 Å². The number of nitro benzene ring substituents is 1. The maximum atomic E-state index is 12.4. The smallest absolute Gasteiger partial charge is 0.269 e. The van der Waals surface area contributed by atoms with Gasteiger partial charge >= 0.3 is 0 Å². The molecule has 2 heterocycles. The Morgan fingerprint density at radius 2 is 1.71 bits per heavy atom. The number of nitro groups is 1. The lowest BCUT2D eigenvalue weighted by molar-refractivity contribution is -0.384. The molecule has 31 heavy (non-hydrogen) atoms. The molecule has 0 aliphatic carbocycles. The number of rotatable bonds is 8. The molecule has 0 saturated carbocycles. The van der Waals surface area contributed by atoms with Gasteiger partial charge in [-0.15, -0.1) is 10.2 Å². The zero-order valence-corrected chi connectivity index (χ0v) is 17.1. The van der Waals surface area contributed by atoms with Crippen LogP contribution in [0.1, 0.15) is 11.4 Å². The van der Waals surface area contributed by atoms with Gasteiger partial charge in [-0.25, -0.2) is 4.68 Å². The molecule has 10 heteroatoms. The average molecular weight is 434 g/mol. The normalized spacial score (nSPS) is 10.7. The van der Waals surface area contributed by atoms with Gasteiger partial charge in [0, 0.05) is 36.6 Å². The number of nitrogens with zero attached hydrogens (tertiary/aromatic N) is 5. The minimum absolute atomic E-state index is 0.0295. The molecule has 0 aliphatic heterocycles. The van der Waals surface area contributed by atoms with Crippen LogP contribution in [0.15, 0.2) is 84.3 Å². The van der Waals surface area contributed by atoms with Crippen LogP contribution in [0.3, 0.4) is 0 Å². The molecule has 0 unspecified atom stereocenters. The second-order valence-corrected chi connectivity index (χ2v) is 7.52. The molecule has 0 saturated heterocycles. The highest BCUT2D eigenvalue weighted by Gasteiger charge is 2.16. The minimum atomic E-state index is -0.484. The third kappa shape index (κ3) is 4.98. The average Bonchev–Trinajstić information content (AvgIpc) is 3.43. The van der Waals surface area contributed by atoms with Crippen molar-refractivity contribution in [1.82, 2.24) is 19.5 Å². The lowest BCUT2D eigenvalue weighted by Gasteiger charge is -2.11. The van der Waals surface area contributed by atoms with Crippen molar-refractivity contribution < 1.29 is 9.72 Å². The predicted octanol–water partition coefficient (Wildman–Crippen LogP) is 3.62. The second kappa shape index (κ2) is 9.26. The van der Waals surface area contributed by atoms with Crippen LogP contribution in [-0.2, 0) is 11.2 Å². The van der Waals surface area contributed by atoms with Gasteiger partial charge < -0.3 is 5.32 Å². The van der Waals surface area contributed by atoms with Gasteiger partial charge in [-0.05, 0) is 29.8 Å². The zero-order valence-electron chi connectivity index (χ0n) is 16.3. The maximum Gasteiger partial charge on any atom is 0.269 e. The van der Waals surface area contributed by atoms with E-state index in [9.17, 15) is 14.9 Å². The van der Waals surface area contributed by atoms with Crippen LogP contribution in [-0.4, -0.2) is 36.1 Å². The van der Waals surface area contributed by atoms with Gasteiger partial charge in [0.15, 0.2) is 5.82 Å². The molecule has 2 aromatic carbocycles. The fourth-order valence-electron chi connectivity index (χ4n) is 2.96. The largest absolute Gasteiger partial charge is 0.325 e. The molecule has 156 valence electrons. The molecule has 0 radical (unpaired) electrons. The van der Waals surface area contributed by atoms with Crippen molar-refractivity contribution in [2.24, 2.45) is 0 Å². The lowest BCUT2D eigenvalue weighted by Crippen LogP contribution is -2.16. The Bertz CT molecular complexity index is 1170. The summed E-state index contributed by atoms with van der Waals surface area (Å²) in [7, 11) is 0. The summed E-state index contributed by atoms with van der Waals surface area (Å²) in [6.45, 7) is 0. The summed E-state index contributed by atoms with van der Waals surface area (Å²) in [5.41, 5.74) is 1.57. The molecule has 4 aromatic rings. The number of amides is 1. The van der Waals surface area contributed by atoms with E-state index in [0.717, 1.165) is 11.4 Å². The molecule has 0 aliphatic rings. The SMILES string of the molecule is O=C(CSc1nnc(Cc2ccccc2)n1-n1cccc1)Nc1ccc([N+](=O)[O-])cc1. The Balaban J connectivity index is 1.46. The molecule has 2 aromatic heterocycles. The van der Waals surface area contributed by atoms with E-state index in [1.807, 2.05) is 64.2 Å². The van der Waals surface area contributed by atoms with Gasteiger partial charge in [-0.2, -0.15) is 0 Å². The molecule has 0 atom stereocenters. The van der Waals surface area contributed by atoms with Gasteiger partial charge in [0.25, 0.3) is 5.69 Å². The molecule has 9 nitrogen and oxygen atoms in total. The number of hydrogen-bond acceptors (Lipinski definition) is 6. The van der Waals surface area contributed by atoms with Gasteiger partial charge in [-0.1, -0.05) is 42.1 Å². The van der Waals surface area contributed by atoms with E-state index >= 15 is 0 Å². The van der Waals surface area contributed by atoms with Crippen molar-refractivity contribution in [2.75, 3.05) is 11.1 Å². The van der Waals surface area contributed by atoms with E-state index in [1.165, 1.54) is 36.0 Å². The van der Waals surface area contributed by atoms with Gasteiger partial charge in [-0.3, -0.25) is 19.6 Å². The Morgan fingerprint density at radius 1 is 1.00 bits per heavy atom. The second-order valence-electron chi connectivity index (χ2n) is 6.58. The fraction of sp³-hybridized carbons (Fsp3) is 0.0952. The summed E-state index contributed by atoms with van der Waals surface area (Å²) < 4.78 is 3.74. The number of hydrogen-bond donors (Lipinski definition) is 1. The highest BCUT2D eigenvalue weighted by atomic mass is 32.2. The summed E-state index contributed by atoms with van der Waals surface area (Å²) in [5, 5.41) is 22.7. The molecule has 0 bridgehead atoms. The maximum absolute atomic E-state index is 12.4. The summed E-state index contributed by atoms with van der Waals surface area (Å²) in [6.07, 6.45) is 4.37. The summed E-state index contributed by atoms with van der Waals surface area (Å²) in [6, 6.07) is 19.5. The van der Waals surface area contributed by atoms with Crippen LogP contribution in [0.25, 0.3) is 0 Å². The first-order chi connectivity index (χ1) is 15.1. The van der Waals surface area contributed by atoms with E-state index in [-0.39, 0.29) is 17.3 Å². The van der Waals surface area contributed by atoms with Crippen molar-refractivity contribution in [2.45, 2.75) is 11.6 Å². The van der Waals surface area contributed by atoms with Crippen LogP contribution in [0.4, 0.5) is 11.4 Å². The van der Waals surface area contributed by atoms with Gasteiger partial charge in [0.2, 0.25) is 11.1 Å². The van der Waals surface area contributed by atoms with E-state index in [4.69, 9.17) is 0 Å². The number of non-ortho nitro benzene ring substituents is 1. The summed E-state index contributed by atoms with van der Waals surface area (Å²) in [5.74, 6) is 0.619. The number of thioether (sulfide) groups is 1. The minimum Gasteiger partial charge on any atom is -0.325 e. The lowest BCUT2D eigenvalue weighted by atomic mass is 10.1. The topological polar surface area (TPSA) is 108 Å². The quantitative estimate of drug-likeness (QED) is 0.258. The Hall–Kier alpha value is -3.92. The molecule has 0 fully saturated rings. The Morgan fingerprint density at radius 3 is 2.39 bits per heavy atom. The van der Waals surface area contributed by atoms with Crippen LogP contribution < -0.4 is 5.32 Å². The van der Waals surface area contributed by atoms with E-state index in [2.05, 4.69) is 15.5 Å². The Kier molecular flexibility index (Phi) is 6.08. The predicted molar refractivity (Wildman–Crippen MR) is 117 cm³/mol. The molecular formula is C21H18N6O3S. The first kappa shape index (κ1) is 20.4. The fourth-order valence-corrected chi connectivity index (χ4v) is 3.71. The number of aromatic nitrogens is 4. The van der Waals surface area contributed by atoms with Crippen molar-refractivity contribution in [3.63, 3.8) is 0 Å². The van der Waals surface area contributed by atoms with Gasteiger partial charge in [0.1, 0.15) is 0 Å². The summed E-state index contributed by atoms with van der Waals surface area (Å²) >= 11 is 1.26. The number of carbonyl (C=O) groups excluding carboxylic acids is 1. The molecule has 1 N–H and O–H groups in total. The van der Waals surface area contributed by atoms with Crippen LogP contribution in [0, 0.1) is 10.1 Å². The van der Waals surface area contributed by atoms with Crippen molar-refractivity contribution >= 4 is 29.0 Å². The van der Waals surface area contributed by atoms with Crippen LogP contribution in [0.2, 0.25) is 0 Å². The first-order valence-corrected chi connectivity index (χ1v) is 10.4. The first-order valence-electron chi connectivity index (χ1n) is 9.39. The van der Waals surface area contributed by atoms with Crippen molar-refractivity contribution in [1.29, 1.82) is 0 Å². The number of benzene rings is 2. The number of nitrogens with one attached hydrogen (secondary N) is 1. The summed E-state index contributed by atoms with van der Waals surface area (Å²) in [4.78, 5) is 22.6. The van der Waals surface area contributed by atoms with E-state index in [1.54, 1.807) is 0 Å². The molecule has 4 rings (SSSR count). The van der Waals surface area contributed by atoms with Crippen molar-refractivity contribution in [3.8, 4) is 0 Å². The van der Waals surface area contributed by atoms with Crippen LogP contribution in [0.5, 0.6) is 0 Å². The molecule has 0 spiro atoms. The number of carbonyl (C=O) groups is 1. The highest BCUT2D eigenvalue weighted by Crippen LogP contribution is 2.21. The molecular weight excluding hydrogens is 416 g/mol. The van der Waals surface area contributed by atoms with E-state index in [0.29, 0.717) is 17.3 Å². The van der Waals surface area contributed by atoms with Crippen LogP contribution >= 0.6 is 11.8 Å².